The molecule has 1 saturated carbocycles. The minimum Gasteiger partial charge on any atom is -0.468 e. The zero-order valence-electron chi connectivity index (χ0n) is 8.84. The van der Waals surface area contributed by atoms with Gasteiger partial charge in [0, 0.05) is 5.54 Å². The van der Waals surface area contributed by atoms with E-state index >= 15 is 0 Å². The number of carbonyl (C=O) groups is 1. The van der Waals surface area contributed by atoms with Gasteiger partial charge in [0.1, 0.15) is 6.04 Å². The van der Waals surface area contributed by atoms with Crippen LogP contribution in [0.2, 0.25) is 0 Å². The summed E-state index contributed by atoms with van der Waals surface area (Å²) in [6, 6.07) is -0.0295. The molecule has 0 amide bonds. The van der Waals surface area contributed by atoms with Crippen LogP contribution in [-0.4, -0.2) is 24.7 Å². The molecule has 0 aromatic rings. The van der Waals surface area contributed by atoms with Gasteiger partial charge in [0.2, 0.25) is 0 Å². The van der Waals surface area contributed by atoms with Gasteiger partial charge in [-0.1, -0.05) is 25.7 Å². The summed E-state index contributed by atoms with van der Waals surface area (Å²) in [5.41, 5.74) is 0.287. The predicted molar refractivity (Wildman–Crippen MR) is 54.0 cm³/mol. The zero-order valence-corrected chi connectivity index (χ0v) is 8.84. The number of carbonyl (C=O) groups excluding carboxylic acids is 1. The third kappa shape index (κ3) is 1.78. The summed E-state index contributed by atoms with van der Waals surface area (Å²) < 4.78 is 4.72. The van der Waals surface area contributed by atoms with Gasteiger partial charge in [0.25, 0.3) is 0 Å². The van der Waals surface area contributed by atoms with E-state index in [2.05, 4.69) is 5.32 Å². The molecule has 14 heavy (non-hydrogen) atoms. The molecule has 1 unspecified atom stereocenters. The number of esters is 1. The molecular weight excluding hydrogens is 178 g/mol. The quantitative estimate of drug-likeness (QED) is 0.649. The fourth-order valence-electron chi connectivity index (χ4n) is 2.78. The van der Waals surface area contributed by atoms with E-state index < -0.39 is 0 Å². The van der Waals surface area contributed by atoms with Crippen LogP contribution in [0.4, 0.5) is 0 Å². The number of methoxy groups -OCH3 is 1. The Morgan fingerprint density at radius 1 is 1.29 bits per heavy atom. The summed E-state index contributed by atoms with van der Waals surface area (Å²) in [6.45, 7) is 0. The minimum atomic E-state index is -0.0973. The van der Waals surface area contributed by atoms with Gasteiger partial charge >= 0.3 is 5.97 Å². The van der Waals surface area contributed by atoms with Crippen molar-refractivity contribution in [3.8, 4) is 0 Å². The lowest BCUT2D eigenvalue weighted by Gasteiger charge is -2.47. The monoisotopic (exact) mass is 197 g/mol. The Morgan fingerprint density at radius 2 is 1.86 bits per heavy atom. The largest absolute Gasteiger partial charge is 0.468 e. The molecule has 0 aromatic carbocycles. The van der Waals surface area contributed by atoms with Crippen molar-refractivity contribution in [3.63, 3.8) is 0 Å². The highest BCUT2D eigenvalue weighted by molar-refractivity contribution is 5.77. The lowest BCUT2D eigenvalue weighted by atomic mass is 9.76. The molecule has 0 radical (unpaired) electrons. The molecule has 2 aliphatic rings. The van der Waals surface area contributed by atoms with E-state index in [4.69, 9.17) is 4.74 Å². The summed E-state index contributed by atoms with van der Waals surface area (Å²) >= 11 is 0. The highest BCUT2D eigenvalue weighted by atomic mass is 16.5. The second kappa shape index (κ2) is 3.89. The first kappa shape index (κ1) is 9.97. The van der Waals surface area contributed by atoms with Crippen LogP contribution in [0.25, 0.3) is 0 Å². The lowest BCUT2D eigenvalue weighted by Crippen LogP contribution is -2.66. The van der Waals surface area contributed by atoms with Gasteiger partial charge < -0.3 is 4.74 Å². The van der Waals surface area contributed by atoms with Crippen LogP contribution >= 0.6 is 0 Å². The van der Waals surface area contributed by atoms with E-state index in [0.717, 1.165) is 6.42 Å². The average molecular weight is 197 g/mol. The zero-order chi connectivity index (χ0) is 10.0. The Balaban J connectivity index is 1.86. The second-order valence-corrected chi connectivity index (χ2v) is 4.62. The van der Waals surface area contributed by atoms with E-state index in [1.807, 2.05) is 0 Å². The topological polar surface area (TPSA) is 38.3 Å². The first-order chi connectivity index (χ1) is 6.76. The third-order valence-electron chi connectivity index (χ3n) is 3.62. The summed E-state index contributed by atoms with van der Waals surface area (Å²) in [5.74, 6) is -0.0973. The van der Waals surface area contributed by atoms with Crippen LogP contribution < -0.4 is 5.32 Å². The Hall–Kier alpha value is -0.570. The molecule has 0 aromatic heterocycles. The Morgan fingerprint density at radius 3 is 2.36 bits per heavy atom. The maximum atomic E-state index is 11.2. The third-order valence-corrected chi connectivity index (χ3v) is 3.62. The summed E-state index contributed by atoms with van der Waals surface area (Å²) in [4.78, 5) is 11.2. The maximum Gasteiger partial charge on any atom is 0.322 e. The normalized spacial score (nSPS) is 30.5. The second-order valence-electron chi connectivity index (χ2n) is 4.62. The standard InChI is InChI=1S/C11H19NO2/c1-14-10(13)9-8-11(12-9)6-4-2-3-5-7-11/h9,12H,2-8H2,1H3. The summed E-state index contributed by atoms with van der Waals surface area (Å²) in [5, 5.41) is 3.41. The van der Waals surface area contributed by atoms with E-state index in [1.54, 1.807) is 0 Å². The van der Waals surface area contributed by atoms with Crippen LogP contribution in [-0.2, 0) is 9.53 Å². The van der Waals surface area contributed by atoms with Crippen LogP contribution in [0.1, 0.15) is 44.9 Å². The van der Waals surface area contributed by atoms with Crippen LogP contribution in [0.5, 0.6) is 0 Å². The first-order valence-electron chi connectivity index (χ1n) is 5.61. The van der Waals surface area contributed by atoms with Crippen LogP contribution in [0.3, 0.4) is 0 Å². The van der Waals surface area contributed by atoms with Crippen molar-refractivity contribution in [1.82, 2.24) is 5.32 Å². The maximum absolute atomic E-state index is 11.2. The number of nitrogens with one attached hydrogen (secondary N) is 1. The van der Waals surface area contributed by atoms with Gasteiger partial charge in [-0.2, -0.15) is 0 Å². The molecule has 3 heteroatoms. The number of ether oxygens (including phenoxy) is 1. The van der Waals surface area contributed by atoms with Crippen LogP contribution in [0.15, 0.2) is 0 Å². The molecule has 2 fully saturated rings. The molecule has 3 nitrogen and oxygen atoms in total. The van der Waals surface area contributed by atoms with Gasteiger partial charge in [-0.3, -0.25) is 10.1 Å². The van der Waals surface area contributed by atoms with Crippen molar-refractivity contribution in [2.75, 3.05) is 7.11 Å². The molecule has 0 bridgehead atoms. The highest BCUT2D eigenvalue weighted by Crippen LogP contribution is 2.37. The molecule has 1 spiro atoms. The Labute approximate surface area is 85.2 Å². The molecule has 1 saturated heterocycles. The predicted octanol–water partition coefficient (Wildman–Crippen LogP) is 1.61. The number of hydrogen-bond acceptors (Lipinski definition) is 3. The first-order valence-corrected chi connectivity index (χ1v) is 5.61. The minimum absolute atomic E-state index is 0.0295. The fourth-order valence-corrected chi connectivity index (χ4v) is 2.78. The SMILES string of the molecule is COC(=O)C1CC2(CCCCCC2)N1. The molecule has 2 rings (SSSR count). The highest BCUT2D eigenvalue weighted by Gasteiger charge is 2.46. The van der Waals surface area contributed by atoms with Gasteiger partial charge in [-0.15, -0.1) is 0 Å². The lowest BCUT2D eigenvalue weighted by molar-refractivity contribution is -0.148. The van der Waals surface area contributed by atoms with E-state index in [9.17, 15) is 4.79 Å². The summed E-state index contributed by atoms with van der Waals surface area (Å²) in [7, 11) is 1.46. The molecule has 80 valence electrons. The average Bonchev–Trinajstić information content (AvgIpc) is 2.39. The number of rotatable bonds is 1. The van der Waals surface area contributed by atoms with E-state index in [-0.39, 0.29) is 17.6 Å². The van der Waals surface area contributed by atoms with Crippen molar-refractivity contribution < 1.29 is 9.53 Å². The van der Waals surface area contributed by atoms with Crippen molar-refractivity contribution in [3.05, 3.63) is 0 Å². The Kier molecular flexibility index (Phi) is 2.77. The molecule has 1 heterocycles. The molecule has 1 aliphatic carbocycles. The fraction of sp³-hybridized carbons (Fsp3) is 0.909. The number of hydrogen-bond donors (Lipinski definition) is 1. The van der Waals surface area contributed by atoms with Crippen molar-refractivity contribution in [2.24, 2.45) is 0 Å². The van der Waals surface area contributed by atoms with Gasteiger partial charge in [0.15, 0.2) is 0 Å². The van der Waals surface area contributed by atoms with Gasteiger partial charge in [0.05, 0.1) is 7.11 Å². The van der Waals surface area contributed by atoms with Crippen molar-refractivity contribution in [1.29, 1.82) is 0 Å². The smallest absolute Gasteiger partial charge is 0.322 e. The van der Waals surface area contributed by atoms with Gasteiger partial charge in [-0.05, 0) is 19.3 Å². The van der Waals surface area contributed by atoms with Crippen molar-refractivity contribution in [2.45, 2.75) is 56.5 Å². The molecule has 1 aliphatic heterocycles. The van der Waals surface area contributed by atoms with E-state index in [1.165, 1.54) is 45.6 Å². The van der Waals surface area contributed by atoms with Crippen molar-refractivity contribution >= 4 is 5.97 Å². The molecule has 1 N–H and O–H groups in total. The Bertz CT molecular complexity index is 211. The molecule has 1 atom stereocenters. The van der Waals surface area contributed by atoms with E-state index in [0.29, 0.717) is 0 Å². The summed E-state index contributed by atoms with van der Waals surface area (Å²) in [6.07, 6.45) is 8.78. The van der Waals surface area contributed by atoms with Crippen LogP contribution in [0, 0.1) is 0 Å². The molecular formula is C11H19NO2. The van der Waals surface area contributed by atoms with Gasteiger partial charge in [-0.25, -0.2) is 0 Å².